The minimum absolute atomic E-state index is 0.0866. The molecule has 1 N–H and O–H groups in total. The predicted octanol–water partition coefficient (Wildman–Crippen LogP) is -0.606. The highest BCUT2D eigenvalue weighted by Crippen LogP contribution is 2.12. The normalized spacial score (nSPS) is 18.1. The molecule has 1 aromatic heterocycles. The van der Waals surface area contributed by atoms with E-state index in [9.17, 15) is 8.42 Å². The number of hydrazine groups is 1. The van der Waals surface area contributed by atoms with Crippen molar-refractivity contribution in [3.63, 3.8) is 0 Å². The molecule has 102 valence electrons. The van der Waals surface area contributed by atoms with Crippen molar-refractivity contribution in [2.75, 3.05) is 33.2 Å². The number of rotatable bonds is 3. The second-order valence-electron chi connectivity index (χ2n) is 4.35. The molecule has 1 aromatic rings. The highest BCUT2D eigenvalue weighted by Gasteiger charge is 2.24. The van der Waals surface area contributed by atoms with Gasteiger partial charge in [0.25, 0.3) is 10.0 Å². The zero-order valence-corrected chi connectivity index (χ0v) is 11.4. The molecule has 0 bridgehead atoms. The van der Waals surface area contributed by atoms with E-state index in [1.807, 2.05) is 7.05 Å². The van der Waals surface area contributed by atoms with E-state index in [1.54, 1.807) is 11.1 Å². The van der Waals surface area contributed by atoms with Crippen LogP contribution in [0.5, 0.6) is 0 Å². The van der Waals surface area contributed by atoms with Gasteiger partial charge in [0.15, 0.2) is 5.69 Å². The summed E-state index contributed by atoms with van der Waals surface area (Å²) in [5.41, 5.74) is -0.0934. The summed E-state index contributed by atoms with van der Waals surface area (Å²) in [6.07, 6.45) is 1.40. The van der Waals surface area contributed by atoms with Crippen LogP contribution >= 0.6 is 0 Å². The summed E-state index contributed by atoms with van der Waals surface area (Å²) >= 11 is 0. The molecule has 2 rings (SSSR count). The Hall–Kier alpha value is -1.53. The number of aromatic nitrogens is 1. The maximum Gasteiger partial charge on any atom is 0.256 e. The molecular formula is C11H15N5O2S. The van der Waals surface area contributed by atoms with Crippen LogP contribution in [0.1, 0.15) is 5.69 Å². The van der Waals surface area contributed by atoms with E-state index in [0.717, 1.165) is 13.1 Å². The fourth-order valence-electron chi connectivity index (χ4n) is 1.81. The Balaban J connectivity index is 2.17. The molecule has 2 heterocycles. The van der Waals surface area contributed by atoms with E-state index in [-0.39, 0.29) is 10.6 Å². The molecule has 0 aromatic carbocycles. The molecule has 0 radical (unpaired) electrons. The highest BCUT2D eigenvalue weighted by molar-refractivity contribution is 7.89. The lowest BCUT2D eigenvalue weighted by Gasteiger charge is -2.32. The quantitative estimate of drug-likeness (QED) is 0.795. The molecule has 0 saturated carbocycles. The number of pyridine rings is 1. The Labute approximate surface area is 112 Å². The van der Waals surface area contributed by atoms with Gasteiger partial charge in [0, 0.05) is 32.4 Å². The minimum atomic E-state index is -3.75. The van der Waals surface area contributed by atoms with Gasteiger partial charge in [-0.1, -0.05) is 0 Å². The molecule has 0 atom stereocenters. The van der Waals surface area contributed by atoms with Crippen molar-refractivity contribution in [2.24, 2.45) is 0 Å². The van der Waals surface area contributed by atoms with E-state index in [2.05, 4.69) is 14.7 Å². The van der Waals surface area contributed by atoms with Crippen molar-refractivity contribution in [3.05, 3.63) is 24.0 Å². The summed E-state index contributed by atoms with van der Waals surface area (Å²) in [5, 5.41) is 10.5. The molecule has 1 aliphatic heterocycles. The molecule has 1 aliphatic rings. The highest BCUT2D eigenvalue weighted by atomic mass is 32.2. The molecule has 0 unspecified atom stereocenters. The van der Waals surface area contributed by atoms with E-state index in [4.69, 9.17) is 5.26 Å². The first kappa shape index (κ1) is 13.9. The van der Waals surface area contributed by atoms with Crippen LogP contribution in [-0.4, -0.2) is 56.5 Å². The van der Waals surface area contributed by atoms with Crippen LogP contribution in [0.15, 0.2) is 23.2 Å². The first-order valence-electron chi connectivity index (χ1n) is 5.84. The summed E-state index contributed by atoms with van der Waals surface area (Å²) in [6.45, 7) is 2.80. The zero-order valence-electron chi connectivity index (χ0n) is 10.6. The van der Waals surface area contributed by atoms with Crippen molar-refractivity contribution in [1.29, 1.82) is 5.26 Å². The van der Waals surface area contributed by atoms with E-state index >= 15 is 0 Å². The fourth-order valence-corrected chi connectivity index (χ4v) is 3.04. The maximum atomic E-state index is 12.2. The number of sulfonamides is 1. The van der Waals surface area contributed by atoms with Gasteiger partial charge in [0.05, 0.1) is 0 Å². The van der Waals surface area contributed by atoms with Crippen LogP contribution in [0.2, 0.25) is 0 Å². The number of likely N-dealkylation sites (N-methyl/N-ethyl adjacent to an activating group) is 1. The molecule has 7 nitrogen and oxygen atoms in total. The summed E-state index contributed by atoms with van der Waals surface area (Å²) in [7, 11) is -1.76. The van der Waals surface area contributed by atoms with Gasteiger partial charge >= 0.3 is 0 Å². The Morgan fingerprint density at radius 3 is 2.68 bits per heavy atom. The Morgan fingerprint density at radius 2 is 2.05 bits per heavy atom. The average molecular weight is 281 g/mol. The number of nitrogens with one attached hydrogen (secondary N) is 1. The summed E-state index contributed by atoms with van der Waals surface area (Å²) in [6, 6.07) is 4.67. The molecular weight excluding hydrogens is 266 g/mol. The van der Waals surface area contributed by atoms with Crippen molar-refractivity contribution in [1.82, 2.24) is 19.7 Å². The molecule has 0 spiro atoms. The predicted molar refractivity (Wildman–Crippen MR) is 68.3 cm³/mol. The molecule has 19 heavy (non-hydrogen) atoms. The molecule has 0 aliphatic carbocycles. The fraction of sp³-hybridized carbons (Fsp3) is 0.455. The molecule has 1 fully saturated rings. The van der Waals surface area contributed by atoms with Crippen LogP contribution in [0.4, 0.5) is 0 Å². The van der Waals surface area contributed by atoms with Gasteiger partial charge in [-0.25, -0.2) is 18.4 Å². The van der Waals surface area contributed by atoms with Gasteiger partial charge in [0.1, 0.15) is 11.0 Å². The van der Waals surface area contributed by atoms with E-state index < -0.39 is 10.0 Å². The smallest absolute Gasteiger partial charge is 0.256 e. The second-order valence-corrected chi connectivity index (χ2v) is 5.98. The third-order valence-electron chi connectivity index (χ3n) is 2.92. The molecule has 0 amide bonds. The van der Waals surface area contributed by atoms with Crippen molar-refractivity contribution in [2.45, 2.75) is 4.90 Å². The lowest BCUT2D eigenvalue weighted by atomic mass is 10.4. The standard InChI is InChI=1S/C11H15N5O2S/c1-15-5-7-16(8-6-15)14-19(17,18)11-3-2-4-13-10(11)9-12/h2-4,14H,5-8H2,1H3. The number of nitrogens with zero attached hydrogens (tertiary/aromatic N) is 4. The first-order valence-corrected chi connectivity index (χ1v) is 7.32. The van der Waals surface area contributed by atoms with Crippen molar-refractivity contribution < 1.29 is 8.42 Å². The lowest BCUT2D eigenvalue weighted by Crippen LogP contribution is -2.52. The average Bonchev–Trinajstić information content (AvgIpc) is 2.41. The number of piperazine rings is 1. The van der Waals surface area contributed by atoms with Gasteiger partial charge in [-0.3, -0.25) is 0 Å². The number of hydrogen-bond acceptors (Lipinski definition) is 6. The third kappa shape index (κ3) is 3.27. The second kappa shape index (κ2) is 5.63. The van der Waals surface area contributed by atoms with Crippen LogP contribution in [0.3, 0.4) is 0 Å². The van der Waals surface area contributed by atoms with Crippen LogP contribution in [-0.2, 0) is 10.0 Å². The van der Waals surface area contributed by atoms with E-state index in [1.165, 1.54) is 18.3 Å². The Morgan fingerprint density at radius 1 is 1.37 bits per heavy atom. The third-order valence-corrected chi connectivity index (χ3v) is 4.33. The van der Waals surface area contributed by atoms with Crippen molar-refractivity contribution >= 4 is 10.0 Å². The maximum absolute atomic E-state index is 12.2. The summed E-state index contributed by atoms with van der Waals surface area (Å²) < 4.78 is 24.4. The monoisotopic (exact) mass is 281 g/mol. The van der Waals surface area contributed by atoms with Gasteiger partial charge in [0.2, 0.25) is 0 Å². The number of nitriles is 1. The lowest BCUT2D eigenvalue weighted by molar-refractivity contribution is 0.135. The van der Waals surface area contributed by atoms with Crippen LogP contribution in [0.25, 0.3) is 0 Å². The van der Waals surface area contributed by atoms with E-state index in [0.29, 0.717) is 13.1 Å². The summed E-state index contributed by atoms with van der Waals surface area (Å²) in [4.78, 5) is 8.29. The molecule has 1 saturated heterocycles. The van der Waals surface area contributed by atoms with Gasteiger partial charge < -0.3 is 4.90 Å². The first-order chi connectivity index (χ1) is 9.03. The molecule has 8 heteroatoms. The Kier molecular flexibility index (Phi) is 4.11. The largest absolute Gasteiger partial charge is 0.304 e. The minimum Gasteiger partial charge on any atom is -0.304 e. The Bertz CT molecular complexity index is 587. The van der Waals surface area contributed by atoms with Crippen molar-refractivity contribution in [3.8, 4) is 6.07 Å². The van der Waals surface area contributed by atoms with Gasteiger partial charge in [-0.05, 0) is 19.2 Å². The van der Waals surface area contributed by atoms with Gasteiger partial charge in [-0.2, -0.15) is 5.26 Å². The van der Waals surface area contributed by atoms with Crippen LogP contribution < -0.4 is 4.83 Å². The van der Waals surface area contributed by atoms with Gasteiger partial charge in [-0.15, -0.1) is 4.83 Å². The van der Waals surface area contributed by atoms with Crippen LogP contribution in [0, 0.1) is 11.3 Å². The zero-order chi connectivity index (χ0) is 13.9. The SMILES string of the molecule is CN1CCN(NS(=O)(=O)c2cccnc2C#N)CC1. The summed E-state index contributed by atoms with van der Waals surface area (Å²) in [5.74, 6) is 0. The topological polar surface area (TPSA) is 89.3 Å². The number of hydrogen-bond donors (Lipinski definition) is 1.